The molecule has 5 rings (SSSR count). The lowest BCUT2D eigenvalue weighted by atomic mass is 9.97. The van der Waals surface area contributed by atoms with Crippen LogP contribution in [0.25, 0.3) is 43.4 Å². The highest BCUT2D eigenvalue weighted by Gasteiger charge is 2.22. The fourth-order valence-corrected chi connectivity index (χ4v) is 4.91. The molecule has 2 N–H and O–H groups in total. The van der Waals surface area contributed by atoms with Gasteiger partial charge in [0.1, 0.15) is 9.71 Å². The minimum Gasteiger partial charge on any atom is -0.462 e. The van der Waals surface area contributed by atoms with E-state index < -0.39 is 5.97 Å². The number of benzene rings is 3. The Kier molecular flexibility index (Phi) is 4.88. The SMILES string of the molecule is CCOC(=O)c1sc2nc(-c3cccc4ccccc34)cc(-c3ccccc3)c2c1N. The van der Waals surface area contributed by atoms with Crippen molar-refractivity contribution in [2.75, 3.05) is 12.3 Å². The minimum absolute atomic E-state index is 0.298. The van der Waals surface area contributed by atoms with Crippen LogP contribution in [0.5, 0.6) is 0 Å². The van der Waals surface area contributed by atoms with Gasteiger partial charge in [-0.05, 0) is 34.9 Å². The quantitative estimate of drug-likeness (QED) is 0.333. The molecule has 5 heteroatoms. The molecule has 0 bridgehead atoms. The first kappa shape index (κ1) is 19.3. The first-order valence-electron chi connectivity index (χ1n) is 10.1. The summed E-state index contributed by atoms with van der Waals surface area (Å²) < 4.78 is 5.22. The Morgan fingerprint density at radius 1 is 0.968 bits per heavy atom. The second-order valence-corrected chi connectivity index (χ2v) is 8.19. The Morgan fingerprint density at radius 2 is 1.71 bits per heavy atom. The van der Waals surface area contributed by atoms with E-state index >= 15 is 0 Å². The molecule has 152 valence electrons. The second kappa shape index (κ2) is 7.85. The van der Waals surface area contributed by atoms with Crippen molar-refractivity contribution in [3.05, 3.63) is 83.7 Å². The fourth-order valence-electron chi connectivity index (χ4n) is 3.90. The number of thiophene rings is 1. The summed E-state index contributed by atoms with van der Waals surface area (Å²) in [4.78, 5) is 18.6. The summed E-state index contributed by atoms with van der Waals surface area (Å²) in [5.74, 6) is -0.409. The third-order valence-electron chi connectivity index (χ3n) is 5.31. The van der Waals surface area contributed by atoms with Gasteiger partial charge in [0.25, 0.3) is 0 Å². The van der Waals surface area contributed by atoms with Gasteiger partial charge in [-0.25, -0.2) is 9.78 Å². The van der Waals surface area contributed by atoms with E-state index in [1.165, 1.54) is 11.3 Å². The maximum Gasteiger partial charge on any atom is 0.350 e. The standard InChI is InChI=1S/C26H20N2O2S/c1-2-30-26(29)24-23(27)22-20(17-9-4-3-5-10-17)15-21(28-25(22)31-24)19-14-8-12-16-11-6-7-13-18(16)19/h3-15H,2,27H2,1H3. The van der Waals surface area contributed by atoms with Crippen LogP contribution in [0.3, 0.4) is 0 Å². The van der Waals surface area contributed by atoms with Crippen LogP contribution in [-0.2, 0) is 4.74 Å². The molecule has 4 nitrogen and oxygen atoms in total. The van der Waals surface area contributed by atoms with Crippen molar-refractivity contribution < 1.29 is 9.53 Å². The number of nitrogens with zero attached hydrogens (tertiary/aromatic N) is 1. The average Bonchev–Trinajstić information content (AvgIpc) is 3.15. The van der Waals surface area contributed by atoms with Crippen LogP contribution >= 0.6 is 11.3 Å². The number of nitrogen functional groups attached to an aromatic ring is 1. The Labute approximate surface area is 183 Å². The van der Waals surface area contributed by atoms with Crippen LogP contribution in [0, 0.1) is 0 Å². The molecule has 0 aliphatic heterocycles. The highest BCUT2D eigenvalue weighted by Crippen LogP contribution is 2.42. The summed E-state index contributed by atoms with van der Waals surface area (Å²) in [6.07, 6.45) is 0. The maximum atomic E-state index is 12.5. The summed E-state index contributed by atoms with van der Waals surface area (Å²) in [5.41, 5.74) is 10.8. The summed E-state index contributed by atoms with van der Waals surface area (Å²) in [6, 6.07) is 26.6. The van der Waals surface area contributed by atoms with E-state index in [9.17, 15) is 4.79 Å². The third kappa shape index (κ3) is 3.33. The lowest BCUT2D eigenvalue weighted by Gasteiger charge is -2.11. The Bertz CT molecular complexity index is 1420. The van der Waals surface area contributed by atoms with Crippen LogP contribution in [0.1, 0.15) is 16.6 Å². The number of hydrogen-bond acceptors (Lipinski definition) is 5. The Morgan fingerprint density at radius 3 is 2.52 bits per heavy atom. The molecule has 0 aliphatic carbocycles. The molecule has 5 aromatic rings. The average molecular weight is 425 g/mol. The maximum absolute atomic E-state index is 12.5. The number of aromatic nitrogens is 1. The van der Waals surface area contributed by atoms with Crippen LogP contribution in [-0.4, -0.2) is 17.6 Å². The van der Waals surface area contributed by atoms with Crippen molar-refractivity contribution in [1.82, 2.24) is 4.98 Å². The largest absolute Gasteiger partial charge is 0.462 e. The van der Waals surface area contributed by atoms with Crippen molar-refractivity contribution in [1.29, 1.82) is 0 Å². The number of carbonyl (C=O) groups excluding carboxylic acids is 1. The van der Waals surface area contributed by atoms with E-state index in [2.05, 4.69) is 30.3 Å². The molecule has 31 heavy (non-hydrogen) atoms. The Hall–Kier alpha value is -3.70. The molecule has 0 saturated carbocycles. The molecule has 0 amide bonds. The molecule has 0 saturated heterocycles. The van der Waals surface area contributed by atoms with Gasteiger partial charge in [0.05, 0.1) is 18.0 Å². The highest BCUT2D eigenvalue weighted by molar-refractivity contribution is 7.21. The van der Waals surface area contributed by atoms with E-state index in [0.717, 1.165) is 43.4 Å². The molecule has 2 heterocycles. The van der Waals surface area contributed by atoms with Gasteiger partial charge < -0.3 is 10.5 Å². The number of hydrogen-bond donors (Lipinski definition) is 1. The molecule has 0 aliphatic rings. The minimum atomic E-state index is -0.409. The molecule has 3 aromatic carbocycles. The molecule has 0 radical (unpaired) electrons. The Balaban J connectivity index is 1.82. The molecule has 2 aromatic heterocycles. The van der Waals surface area contributed by atoms with Crippen LogP contribution in [0.15, 0.2) is 78.9 Å². The van der Waals surface area contributed by atoms with Crippen molar-refractivity contribution in [3.8, 4) is 22.4 Å². The number of pyridine rings is 1. The number of nitrogens with two attached hydrogens (primary N) is 1. The van der Waals surface area contributed by atoms with Gasteiger partial charge >= 0.3 is 5.97 Å². The van der Waals surface area contributed by atoms with Crippen molar-refractivity contribution in [2.45, 2.75) is 6.92 Å². The number of anilines is 1. The lowest BCUT2D eigenvalue weighted by Crippen LogP contribution is -2.04. The van der Waals surface area contributed by atoms with Gasteiger partial charge in [-0.15, -0.1) is 11.3 Å². The molecular weight excluding hydrogens is 404 g/mol. The van der Waals surface area contributed by atoms with Crippen molar-refractivity contribution in [2.24, 2.45) is 0 Å². The lowest BCUT2D eigenvalue weighted by molar-refractivity contribution is 0.0533. The van der Waals surface area contributed by atoms with E-state index in [1.807, 2.05) is 48.5 Å². The number of esters is 1. The van der Waals surface area contributed by atoms with E-state index in [1.54, 1.807) is 6.92 Å². The van der Waals surface area contributed by atoms with Gasteiger partial charge in [-0.3, -0.25) is 0 Å². The summed E-state index contributed by atoms with van der Waals surface area (Å²) in [5, 5.41) is 3.08. The van der Waals surface area contributed by atoms with E-state index in [-0.39, 0.29) is 0 Å². The van der Waals surface area contributed by atoms with E-state index in [0.29, 0.717) is 17.2 Å². The first-order chi connectivity index (χ1) is 15.2. The van der Waals surface area contributed by atoms with Gasteiger partial charge in [0.2, 0.25) is 0 Å². The highest BCUT2D eigenvalue weighted by atomic mass is 32.1. The zero-order valence-corrected chi connectivity index (χ0v) is 17.8. The third-order valence-corrected chi connectivity index (χ3v) is 6.39. The first-order valence-corrected chi connectivity index (χ1v) is 10.9. The predicted molar refractivity (Wildman–Crippen MR) is 128 cm³/mol. The number of rotatable bonds is 4. The number of carbonyl (C=O) groups is 1. The molecule has 0 fully saturated rings. The molecular formula is C26H20N2O2S. The van der Waals surface area contributed by atoms with Crippen LogP contribution < -0.4 is 5.73 Å². The number of ether oxygens (including phenoxy) is 1. The summed E-state index contributed by atoms with van der Waals surface area (Å²) >= 11 is 1.28. The van der Waals surface area contributed by atoms with E-state index in [4.69, 9.17) is 15.5 Å². The normalized spacial score (nSPS) is 11.1. The van der Waals surface area contributed by atoms with Crippen LogP contribution in [0.2, 0.25) is 0 Å². The summed E-state index contributed by atoms with van der Waals surface area (Å²) in [7, 11) is 0. The second-order valence-electron chi connectivity index (χ2n) is 7.19. The summed E-state index contributed by atoms with van der Waals surface area (Å²) in [6.45, 7) is 2.08. The monoisotopic (exact) mass is 424 g/mol. The molecule has 0 spiro atoms. The van der Waals surface area contributed by atoms with Crippen LogP contribution in [0.4, 0.5) is 5.69 Å². The van der Waals surface area contributed by atoms with Gasteiger partial charge in [-0.1, -0.05) is 72.8 Å². The van der Waals surface area contributed by atoms with Gasteiger partial charge in [0.15, 0.2) is 0 Å². The predicted octanol–water partition coefficient (Wildman–Crippen LogP) is 6.54. The molecule has 0 unspecified atom stereocenters. The smallest absolute Gasteiger partial charge is 0.350 e. The number of fused-ring (bicyclic) bond motifs is 2. The zero-order valence-electron chi connectivity index (χ0n) is 17.0. The molecule has 0 atom stereocenters. The topological polar surface area (TPSA) is 65.2 Å². The fraction of sp³-hybridized carbons (Fsp3) is 0.0769. The van der Waals surface area contributed by atoms with Crippen molar-refractivity contribution in [3.63, 3.8) is 0 Å². The van der Waals surface area contributed by atoms with Crippen molar-refractivity contribution >= 4 is 44.0 Å². The van der Waals surface area contributed by atoms with Gasteiger partial charge in [0, 0.05) is 10.9 Å². The van der Waals surface area contributed by atoms with Gasteiger partial charge in [-0.2, -0.15) is 0 Å². The zero-order chi connectivity index (χ0) is 21.4.